The molecule has 0 fully saturated rings. The Kier molecular flexibility index (Phi) is 3.06. The average molecular weight is 191 g/mol. The number of carbonyl (C=O) groups is 1. The lowest BCUT2D eigenvalue weighted by atomic mass is 9.79. The molecule has 2 nitrogen and oxygen atoms in total. The van der Waals surface area contributed by atoms with Crippen LogP contribution < -0.4 is 5.73 Å². The molecule has 0 radical (unpaired) electrons. The minimum Gasteiger partial charge on any atom is -0.327 e. The first-order chi connectivity index (χ1) is 6.46. The molecule has 2 N–H and O–H groups in total. The van der Waals surface area contributed by atoms with Gasteiger partial charge in [0.1, 0.15) is 0 Å². The van der Waals surface area contributed by atoms with Gasteiger partial charge in [-0.3, -0.25) is 4.79 Å². The van der Waals surface area contributed by atoms with Crippen LogP contribution >= 0.6 is 0 Å². The number of benzene rings is 1. The van der Waals surface area contributed by atoms with Crippen LogP contribution in [-0.2, 0) is 0 Å². The fourth-order valence-electron chi connectivity index (χ4n) is 1.17. The smallest absolute Gasteiger partial charge is 0.169 e. The van der Waals surface area contributed by atoms with Gasteiger partial charge in [0.2, 0.25) is 0 Å². The van der Waals surface area contributed by atoms with Crippen LogP contribution in [0.1, 0.15) is 31.1 Å². The van der Waals surface area contributed by atoms with Crippen LogP contribution in [0.3, 0.4) is 0 Å². The summed E-state index contributed by atoms with van der Waals surface area (Å²) in [6, 6.07) is 9.14. The highest BCUT2D eigenvalue weighted by molar-refractivity contribution is 6.00. The second-order valence-corrected chi connectivity index (χ2v) is 4.21. The summed E-state index contributed by atoms with van der Waals surface area (Å²) in [5.41, 5.74) is 6.02. The molecule has 0 aliphatic heterocycles. The summed E-state index contributed by atoms with van der Waals surface area (Å²) >= 11 is 0. The van der Waals surface area contributed by atoms with Gasteiger partial charge in [-0.25, -0.2) is 0 Å². The van der Waals surface area contributed by atoms with E-state index in [1.54, 1.807) is 0 Å². The van der Waals surface area contributed by atoms with Gasteiger partial charge in [-0.15, -0.1) is 0 Å². The van der Waals surface area contributed by atoms with Crippen molar-refractivity contribution in [1.82, 2.24) is 0 Å². The van der Waals surface area contributed by atoms with Crippen molar-refractivity contribution in [2.24, 2.45) is 11.1 Å². The molecule has 0 spiro atoms. The molecule has 14 heavy (non-hydrogen) atoms. The van der Waals surface area contributed by atoms with Crippen molar-refractivity contribution in [2.45, 2.75) is 26.8 Å². The van der Waals surface area contributed by atoms with Gasteiger partial charge in [-0.05, 0) is 6.92 Å². The van der Waals surface area contributed by atoms with E-state index in [0.29, 0.717) is 0 Å². The molecular weight excluding hydrogens is 174 g/mol. The van der Waals surface area contributed by atoms with E-state index in [4.69, 9.17) is 5.73 Å². The Hall–Kier alpha value is -1.15. The summed E-state index contributed by atoms with van der Waals surface area (Å²) < 4.78 is 0. The highest BCUT2D eigenvalue weighted by Gasteiger charge is 2.32. The van der Waals surface area contributed by atoms with Gasteiger partial charge in [-0.1, -0.05) is 44.2 Å². The molecular formula is C12H17NO. The highest BCUT2D eigenvalue weighted by atomic mass is 16.1. The maximum atomic E-state index is 12.0. The zero-order valence-electron chi connectivity index (χ0n) is 8.95. The molecule has 0 aliphatic rings. The standard InChI is InChI=1S/C12H17NO/c1-9(13)12(2,3)11(14)10-7-5-4-6-8-10/h4-9H,13H2,1-3H3. The molecule has 0 aliphatic carbocycles. The van der Waals surface area contributed by atoms with Crippen molar-refractivity contribution in [3.63, 3.8) is 0 Å². The summed E-state index contributed by atoms with van der Waals surface area (Å²) in [4.78, 5) is 12.0. The number of hydrogen-bond donors (Lipinski definition) is 1. The van der Waals surface area contributed by atoms with E-state index in [2.05, 4.69) is 0 Å². The van der Waals surface area contributed by atoms with E-state index in [1.807, 2.05) is 51.1 Å². The second-order valence-electron chi connectivity index (χ2n) is 4.21. The summed E-state index contributed by atoms with van der Waals surface area (Å²) in [7, 11) is 0. The lowest BCUT2D eigenvalue weighted by Crippen LogP contribution is -2.41. The zero-order chi connectivity index (χ0) is 10.8. The van der Waals surface area contributed by atoms with Crippen molar-refractivity contribution >= 4 is 5.78 Å². The molecule has 0 bridgehead atoms. The third kappa shape index (κ3) is 2.02. The van der Waals surface area contributed by atoms with Gasteiger partial charge in [-0.2, -0.15) is 0 Å². The van der Waals surface area contributed by atoms with Crippen LogP contribution in [0.5, 0.6) is 0 Å². The molecule has 0 saturated carbocycles. The molecule has 1 aromatic carbocycles. The van der Waals surface area contributed by atoms with Gasteiger partial charge in [0.25, 0.3) is 0 Å². The lowest BCUT2D eigenvalue weighted by Gasteiger charge is -2.27. The molecule has 0 saturated heterocycles. The monoisotopic (exact) mass is 191 g/mol. The van der Waals surface area contributed by atoms with Crippen LogP contribution in [0, 0.1) is 5.41 Å². The van der Waals surface area contributed by atoms with E-state index >= 15 is 0 Å². The highest BCUT2D eigenvalue weighted by Crippen LogP contribution is 2.24. The van der Waals surface area contributed by atoms with Crippen molar-refractivity contribution in [3.8, 4) is 0 Å². The Balaban J connectivity index is 2.97. The predicted octanol–water partition coefficient (Wildman–Crippen LogP) is 2.24. The largest absolute Gasteiger partial charge is 0.327 e. The molecule has 1 aromatic rings. The number of carbonyl (C=O) groups excluding carboxylic acids is 1. The molecule has 0 aromatic heterocycles. The maximum Gasteiger partial charge on any atom is 0.169 e. The first kappa shape index (κ1) is 10.9. The quantitative estimate of drug-likeness (QED) is 0.744. The normalized spacial score (nSPS) is 13.7. The van der Waals surface area contributed by atoms with Crippen LogP contribution in [0.2, 0.25) is 0 Å². The summed E-state index contributed by atoms with van der Waals surface area (Å²) in [6.07, 6.45) is 0. The van der Waals surface area contributed by atoms with Crippen molar-refractivity contribution in [3.05, 3.63) is 35.9 Å². The maximum absolute atomic E-state index is 12.0. The van der Waals surface area contributed by atoms with Crippen LogP contribution in [-0.4, -0.2) is 11.8 Å². The summed E-state index contributed by atoms with van der Waals surface area (Å²) in [5, 5.41) is 0. The predicted molar refractivity (Wildman–Crippen MR) is 58.2 cm³/mol. The van der Waals surface area contributed by atoms with Crippen molar-refractivity contribution in [2.75, 3.05) is 0 Å². The molecule has 1 unspecified atom stereocenters. The third-order valence-corrected chi connectivity index (χ3v) is 2.76. The fourth-order valence-corrected chi connectivity index (χ4v) is 1.17. The van der Waals surface area contributed by atoms with E-state index in [9.17, 15) is 4.79 Å². The Labute approximate surface area is 85.1 Å². The zero-order valence-corrected chi connectivity index (χ0v) is 8.95. The van der Waals surface area contributed by atoms with Gasteiger partial charge >= 0.3 is 0 Å². The number of ketones is 1. The van der Waals surface area contributed by atoms with Crippen molar-refractivity contribution < 1.29 is 4.79 Å². The molecule has 2 heteroatoms. The number of nitrogens with two attached hydrogens (primary N) is 1. The van der Waals surface area contributed by atoms with Gasteiger partial charge in [0.05, 0.1) is 0 Å². The van der Waals surface area contributed by atoms with Gasteiger partial charge in [0, 0.05) is 17.0 Å². The van der Waals surface area contributed by atoms with E-state index in [0.717, 1.165) is 5.56 Å². The topological polar surface area (TPSA) is 43.1 Å². The minimum atomic E-state index is -0.499. The van der Waals surface area contributed by atoms with Crippen molar-refractivity contribution in [1.29, 1.82) is 0 Å². The molecule has 1 rings (SSSR count). The average Bonchev–Trinajstić information content (AvgIpc) is 2.17. The lowest BCUT2D eigenvalue weighted by molar-refractivity contribution is 0.0811. The fraction of sp³-hybridized carbons (Fsp3) is 0.417. The molecule has 0 amide bonds. The van der Waals surface area contributed by atoms with Gasteiger partial charge < -0.3 is 5.73 Å². The number of hydrogen-bond acceptors (Lipinski definition) is 2. The Bertz CT molecular complexity index is 314. The molecule has 0 heterocycles. The molecule has 76 valence electrons. The Morgan fingerprint density at radius 2 is 1.79 bits per heavy atom. The first-order valence-corrected chi connectivity index (χ1v) is 4.81. The molecule has 1 atom stereocenters. The number of Topliss-reactive ketones (excluding diaryl/α,β-unsaturated/α-hetero) is 1. The summed E-state index contributed by atoms with van der Waals surface area (Å²) in [6.45, 7) is 5.63. The Morgan fingerprint density at radius 1 is 1.29 bits per heavy atom. The van der Waals surface area contributed by atoms with Crippen LogP contribution in [0.4, 0.5) is 0 Å². The third-order valence-electron chi connectivity index (χ3n) is 2.76. The van der Waals surface area contributed by atoms with E-state index < -0.39 is 5.41 Å². The summed E-state index contributed by atoms with van der Waals surface area (Å²) in [5.74, 6) is 0.105. The van der Waals surface area contributed by atoms with E-state index in [1.165, 1.54) is 0 Å². The Morgan fingerprint density at radius 3 is 2.21 bits per heavy atom. The minimum absolute atomic E-state index is 0.105. The van der Waals surface area contributed by atoms with Crippen LogP contribution in [0.15, 0.2) is 30.3 Å². The SMILES string of the molecule is CC(N)C(C)(C)C(=O)c1ccccc1. The van der Waals surface area contributed by atoms with Gasteiger partial charge in [0.15, 0.2) is 5.78 Å². The second kappa shape index (κ2) is 3.93. The first-order valence-electron chi connectivity index (χ1n) is 4.81. The van der Waals surface area contributed by atoms with E-state index in [-0.39, 0.29) is 11.8 Å². The number of rotatable bonds is 3. The van der Waals surface area contributed by atoms with Crippen LogP contribution in [0.25, 0.3) is 0 Å².